The van der Waals surface area contributed by atoms with E-state index < -0.39 is 0 Å². The lowest BCUT2D eigenvalue weighted by molar-refractivity contribution is -0.688. The highest BCUT2D eigenvalue weighted by Crippen LogP contribution is 2.27. The van der Waals surface area contributed by atoms with E-state index in [1.807, 2.05) is 48.8 Å². The van der Waals surface area contributed by atoms with Gasteiger partial charge in [-0.2, -0.15) is 0 Å². The zero-order chi connectivity index (χ0) is 12.1. The van der Waals surface area contributed by atoms with Crippen molar-refractivity contribution in [1.29, 1.82) is 0 Å². The second kappa shape index (κ2) is 5.34. The Kier molecular flexibility index (Phi) is 3.60. The number of aromatic nitrogens is 1. The molecule has 0 aliphatic rings. The van der Waals surface area contributed by atoms with Crippen LogP contribution in [-0.2, 0) is 6.54 Å². The molecule has 3 nitrogen and oxygen atoms in total. The van der Waals surface area contributed by atoms with Crippen molar-refractivity contribution in [3.05, 3.63) is 54.4 Å². The summed E-state index contributed by atoms with van der Waals surface area (Å²) in [5.74, 6) is 1.52. The standard InChI is InChI=1S/C14H16NO2/c1-16-13-7-6-12(10-14(13)17-2)11-15-8-4-3-5-9-15/h3-10H,11H2,1-2H3/q+1. The van der Waals surface area contributed by atoms with Gasteiger partial charge in [0.25, 0.3) is 0 Å². The first kappa shape index (κ1) is 11.5. The molecule has 0 amide bonds. The first-order valence-electron chi connectivity index (χ1n) is 5.48. The summed E-state index contributed by atoms with van der Waals surface area (Å²) >= 11 is 0. The van der Waals surface area contributed by atoms with Gasteiger partial charge in [-0.25, -0.2) is 4.57 Å². The van der Waals surface area contributed by atoms with E-state index in [4.69, 9.17) is 9.47 Å². The number of methoxy groups -OCH3 is 2. The molecule has 88 valence electrons. The second-order valence-corrected chi connectivity index (χ2v) is 3.74. The fourth-order valence-electron chi connectivity index (χ4n) is 1.73. The van der Waals surface area contributed by atoms with Crippen molar-refractivity contribution in [1.82, 2.24) is 0 Å². The lowest BCUT2D eigenvalue weighted by Gasteiger charge is -2.08. The fraction of sp³-hybridized carbons (Fsp3) is 0.214. The quantitative estimate of drug-likeness (QED) is 0.750. The van der Waals surface area contributed by atoms with Crippen molar-refractivity contribution in [3.8, 4) is 11.5 Å². The number of pyridine rings is 1. The molecule has 0 atom stereocenters. The number of rotatable bonds is 4. The van der Waals surface area contributed by atoms with E-state index in [2.05, 4.69) is 4.57 Å². The molecular formula is C14H16NO2+. The number of hydrogen-bond donors (Lipinski definition) is 0. The van der Waals surface area contributed by atoms with E-state index in [0.717, 1.165) is 18.0 Å². The van der Waals surface area contributed by atoms with Crippen molar-refractivity contribution in [2.24, 2.45) is 0 Å². The minimum Gasteiger partial charge on any atom is -0.493 e. The molecule has 0 bridgehead atoms. The predicted molar refractivity (Wildman–Crippen MR) is 65.3 cm³/mol. The Hall–Kier alpha value is -2.03. The molecule has 0 spiro atoms. The van der Waals surface area contributed by atoms with Gasteiger partial charge in [0.1, 0.15) is 0 Å². The average Bonchev–Trinajstić information content (AvgIpc) is 2.40. The second-order valence-electron chi connectivity index (χ2n) is 3.74. The Bertz CT molecular complexity index is 483. The normalized spacial score (nSPS) is 10.0. The number of hydrogen-bond acceptors (Lipinski definition) is 2. The van der Waals surface area contributed by atoms with Crippen LogP contribution in [0.3, 0.4) is 0 Å². The molecular weight excluding hydrogens is 214 g/mol. The van der Waals surface area contributed by atoms with Gasteiger partial charge in [-0.3, -0.25) is 0 Å². The van der Waals surface area contributed by atoms with Crippen LogP contribution in [0.5, 0.6) is 11.5 Å². The van der Waals surface area contributed by atoms with E-state index in [0.29, 0.717) is 0 Å². The van der Waals surface area contributed by atoms with E-state index >= 15 is 0 Å². The van der Waals surface area contributed by atoms with Crippen LogP contribution < -0.4 is 14.0 Å². The highest BCUT2D eigenvalue weighted by molar-refractivity contribution is 5.42. The summed E-state index contributed by atoms with van der Waals surface area (Å²) < 4.78 is 12.6. The van der Waals surface area contributed by atoms with Gasteiger partial charge in [0.05, 0.1) is 14.2 Å². The van der Waals surface area contributed by atoms with Crippen LogP contribution in [0.15, 0.2) is 48.8 Å². The third kappa shape index (κ3) is 2.75. The summed E-state index contributed by atoms with van der Waals surface area (Å²) in [6.45, 7) is 0.821. The Morgan fingerprint density at radius 1 is 0.941 bits per heavy atom. The van der Waals surface area contributed by atoms with Crippen LogP contribution in [0.1, 0.15) is 5.56 Å². The maximum absolute atomic E-state index is 5.28. The van der Waals surface area contributed by atoms with Gasteiger partial charge in [0.2, 0.25) is 0 Å². The molecule has 0 N–H and O–H groups in total. The first-order valence-corrected chi connectivity index (χ1v) is 5.48. The lowest BCUT2D eigenvalue weighted by atomic mass is 10.2. The lowest BCUT2D eigenvalue weighted by Crippen LogP contribution is -2.32. The van der Waals surface area contributed by atoms with Gasteiger partial charge >= 0.3 is 0 Å². The third-order valence-corrected chi connectivity index (χ3v) is 2.59. The number of ether oxygens (including phenoxy) is 2. The SMILES string of the molecule is COc1ccc(C[n+]2ccccc2)cc1OC. The summed E-state index contributed by atoms with van der Waals surface area (Å²) in [5, 5.41) is 0. The largest absolute Gasteiger partial charge is 0.493 e. The van der Waals surface area contributed by atoms with Crippen molar-refractivity contribution < 1.29 is 14.0 Å². The van der Waals surface area contributed by atoms with Crippen molar-refractivity contribution in [2.75, 3.05) is 14.2 Å². The smallest absolute Gasteiger partial charge is 0.173 e. The molecule has 0 saturated heterocycles. The number of benzene rings is 1. The monoisotopic (exact) mass is 230 g/mol. The Balaban J connectivity index is 2.22. The molecule has 3 heteroatoms. The van der Waals surface area contributed by atoms with E-state index in [1.165, 1.54) is 5.56 Å². The van der Waals surface area contributed by atoms with Crippen molar-refractivity contribution in [3.63, 3.8) is 0 Å². The average molecular weight is 230 g/mol. The van der Waals surface area contributed by atoms with Gasteiger partial charge in [0.15, 0.2) is 30.4 Å². The maximum Gasteiger partial charge on any atom is 0.173 e. The molecule has 0 aliphatic carbocycles. The summed E-state index contributed by atoms with van der Waals surface area (Å²) in [4.78, 5) is 0. The van der Waals surface area contributed by atoms with E-state index in [-0.39, 0.29) is 0 Å². The molecule has 1 heterocycles. The van der Waals surface area contributed by atoms with Crippen LogP contribution in [-0.4, -0.2) is 14.2 Å². The van der Waals surface area contributed by atoms with Crippen LogP contribution in [0, 0.1) is 0 Å². The summed E-state index contributed by atoms with van der Waals surface area (Å²) in [7, 11) is 3.29. The molecule has 0 fully saturated rings. The van der Waals surface area contributed by atoms with Crippen LogP contribution in [0.4, 0.5) is 0 Å². The molecule has 0 unspecified atom stereocenters. The van der Waals surface area contributed by atoms with Gasteiger partial charge in [-0.1, -0.05) is 6.07 Å². The zero-order valence-corrected chi connectivity index (χ0v) is 10.1. The van der Waals surface area contributed by atoms with Crippen LogP contribution in [0.2, 0.25) is 0 Å². The molecule has 0 saturated carbocycles. The molecule has 1 aromatic heterocycles. The highest BCUT2D eigenvalue weighted by atomic mass is 16.5. The van der Waals surface area contributed by atoms with Crippen molar-refractivity contribution in [2.45, 2.75) is 6.54 Å². The number of nitrogens with zero attached hydrogens (tertiary/aromatic N) is 1. The third-order valence-electron chi connectivity index (χ3n) is 2.59. The van der Waals surface area contributed by atoms with Gasteiger partial charge in [-0.05, 0) is 18.2 Å². The Labute approximate surface area is 101 Å². The van der Waals surface area contributed by atoms with Gasteiger partial charge in [-0.15, -0.1) is 0 Å². The topological polar surface area (TPSA) is 22.3 Å². The molecule has 0 radical (unpaired) electrons. The fourth-order valence-corrected chi connectivity index (χ4v) is 1.73. The first-order chi connectivity index (χ1) is 8.33. The molecule has 2 rings (SSSR count). The summed E-state index contributed by atoms with van der Waals surface area (Å²) in [6, 6.07) is 12.0. The Morgan fingerprint density at radius 3 is 2.29 bits per heavy atom. The predicted octanol–water partition coefficient (Wildman–Crippen LogP) is 2.04. The molecule has 1 aromatic carbocycles. The molecule has 17 heavy (non-hydrogen) atoms. The van der Waals surface area contributed by atoms with Crippen LogP contribution >= 0.6 is 0 Å². The van der Waals surface area contributed by atoms with Gasteiger partial charge < -0.3 is 9.47 Å². The summed E-state index contributed by atoms with van der Waals surface area (Å²) in [6.07, 6.45) is 4.08. The van der Waals surface area contributed by atoms with E-state index in [9.17, 15) is 0 Å². The Morgan fingerprint density at radius 2 is 1.65 bits per heavy atom. The minimum absolute atomic E-state index is 0.759. The van der Waals surface area contributed by atoms with E-state index in [1.54, 1.807) is 14.2 Å². The minimum atomic E-state index is 0.759. The van der Waals surface area contributed by atoms with Crippen molar-refractivity contribution >= 4 is 0 Å². The summed E-state index contributed by atoms with van der Waals surface area (Å²) in [5.41, 5.74) is 1.18. The maximum atomic E-state index is 5.28. The van der Waals surface area contributed by atoms with Gasteiger partial charge in [0, 0.05) is 17.7 Å². The van der Waals surface area contributed by atoms with Crippen LogP contribution in [0.25, 0.3) is 0 Å². The molecule has 2 aromatic rings. The highest BCUT2D eigenvalue weighted by Gasteiger charge is 2.07. The zero-order valence-electron chi connectivity index (χ0n) is 10.1. The molecule has 0 aliphatic heterocycles.